The predicted molar refractivity (Wildman–Crippen MR) is 65.6 cm³/mol. The highest BCUT2D eigenvalue weighted by molar-refractivity contribution is 5.80. The Kier molecular flexibility index (Phi) is 5.88. The highest BCUT2D eigenvalue weighted by atomic mass is 16.5. The van der Waals surface area contributed by atoms with Gasteiger partial charge in [-0.05, 0) is 12.5 Å². The Hall–Kier alpha value is -0.650. The van der Waals surface area contributed by atoms with Crippen LogP contribution in [0.5, 0.6) is 0 Å². The number of nitrogens with one attached hydrogen (secondary N) is 2. The molecule has 1 heterocycles. The summed E-state index contributed by atoms with van der Waals surface area (Å²) in [6, 6.07) is -0.0862. The first-order chi connectivity index (χ1) is 8.10. The lowest BCUT2D eigenvalue weighted by Gasteiger charge is -2.24. The molecule has 3 unspecified atom stereocenters. The number of ether oxygens (including phenoxy) is 1. The van der Waals surface area contributed by atoms with Gasteiger partial charge in [0.15, 0.2) is 0 Å². The minimum absolute atomic E-state index is 0.0249. The average Bonchev–Trinajstić information content (AvgIpc) is 2.74. The third-order valence-electron chi connectivity index (χ3n) is 3.21. The van der Waals surface area contributed by atoms with Gasteiger partial charge in [0.25, 0.3) is 0 Å². The van der Waals surface area contributed by atoms with E-state index in [1.807, 2.05) is 20.8 Å². The Morgan fingerprint density at radius 2 is 2.18 bits per heavy atom. The van der Waals surface area contributed by atoms with Gasteiger partial charge in [-0.1, -0.05) is 20.8 Å². The molecule has 3 atom stereocenters. The molecule has 0 bridgehead atoms. The summed E-state index contributed by atoms with van der Waals surface area (Å²) in [6.45, 7) is 7.81. The maximum absolute atomic E-state index is 12.1. The number of carbonyl (C=O) groups excluding carboxylic acids is 1. The number of aliphatic hydroxyl groups excluding tert-OH is 1. The smallest absolute Gasteiger partial charge is 0.227 e. The second-order valence-corrected chi connectivity index (χ2v) is 4.85. The van der Waals surface area contributed by atoms with Crippen LogP contribution in [0.3, 0.4) is 0 Å². The monoisotopic (exact) mass is 244 g/mol. The molecule has 1 amide bonds. The van der Waals surface area contributed by atoms with E-state index in [0.29, 0.717) is 13.2 Å². The molecule has 1 aliphatic rings. The van der Waals surface area contributed by atoms with Crippen molar-refractivity contribution in [3.05, 3.63) is 0 Å². The highest BCUT2D eigenvalue weighted by Crippen LogP contribution is 2.14. The van der Waals surface area contributed by atoms with Crippen LogP contribution in [0, 0.1) is 11.8 Å². The molecule has 100 valence electrons. The quantitative estimate of drug-likeness (QED) is 0.602. The number of likely N-dealkylation sites (N-methyl/N-ethyl adjacent to an activating group) is 1. The van der Waals surface area contributed by atoms with Crippen LogP contribution < -0.4 is 10.6 Å². The molecule has 0 aromatic heterocycles. The molecule has 1 fully saturated rings. The van der Waals surface area contributed by atoms with E-state index in [1.54, 1.807) is 0 Å². The topological polar surface area (TPSA) is 70.6 Å². The highest BCUT2D eigenvalue weighted by Gasteiger charge is 2.34. The van der Waals surface area contributed by atoms with E-state index >= 15 is 0 Å². The fraction of sp³-hybridized carbons (Fsp3) is 0.917. The summed E-state index contributed by atoms with van der Waals surface area (Å²) in [5, 5.41) is 15.3. The van der Waals surface area contributed by atoms with Crippen LogP contribution >= 0.6 is 0 Å². The number of aliphatic hydroxyl groups is 1. The number of amides is 1. The number of carbonyl (C=O) groups is 1. The van der Waals surface area contributed by atoms with Gasteiger partial charge in [0.2, 0.25) is 5.91 Å². The fourth-order valence-corrected chi connectivity index (χ4v) is 1.99. The molecule has 3 N–H and O–H groups in total. The molecule has 0 spiro atoms. The van der Waals surface area contributed by atoms with E-state index in [-0.39, 0.29) is 36.4 Å². The first-order valence-electron chi connectivity index (χ1n) is 6.32. The zero-order chi connectivity index (χ0) is 12.8. The third-order valence-corrected chi connectivity index (χ3v) is 3.21. The minimum atomic E-state index is -0.176. The normalized spacial score (nSPS) is 26.2. The first kappa shape index (κ1) is 14.4. The van der Waals surface area contributed by atoms with Crippen LogP contribution in [0.2, 0.25) is 0 Å². The molecule has 1 rings (SSSR count). The molecule has 1 saturated heterocycles. The van der Waals surface area contributed by atoms with Gasteiger partial charge in [0, 0.05) is 6.04 Å². The molecule has 0 aromatic carbocycles. The van der Waals surface area contributed by atoms with Crippen molar-refractivity contribution >= 4 is 5.91 Å². The Bertz CT molecular complexity index is 246. The minimum Gasteiger partial charge on any atom is -0.394 e. The molecule has 1 aliphatic heterocycles. The van der Waals surface area contributed by atoms with Crippen LogP contribution in [0.25, 0.3) is 0 Å². The predicted octanol–water partition coefficient (Wildman–Crippen LogP) is -0.256. The lowest BCUT2D eigenvalue weighted by molar-refractivity contribution is -0.126. The molecule has 17 heavy (non-hydrogen) atoms. The summed E-state index contributed by atoms with van der Waals surface area (Å²) >= 11 is 0. The van der Waals surface area contributed by atoms with Gasteiger partial charge in [-0.2, -0.15) is 0 Å². The van der Waals surface area contributed by atoms with Gasteiger partial charge in [-0.15, -0.1) is 0 Å². The molecule has 5 nitrogen and oxygen atoms in total. The van der Waals surface area contributed by atoms with Crippen molar-refractivity contribution in [2.45, 2.75) is 32.9 Å². The van der Waals surface area contributed by atoms with E-state index in [0.717, 1.165) is 6.54 Å². The zero-order valence-electron chi connectivity index (χ0n) is 10.9. The number of hydrogen-bond donors (Lipinski definition) is 3. The number of hydrogen-bond acceptors (Lipinski definition) is 4. The van der Waals surface area contributed by atoms with Crippen molar-refractivity contribution in [2.75, 3.05) is 26.4 Å². The maximum atomic E-state index is 12.1. The molecule has 0 aromatic rings. The van der Waals surface area contributed by atoms with Crippen LogP contribution in [0.4, 0.5) is 0 Å². The maximum Gasteiger partial charge on any atom is 0.227 e. The third kappa shape index (κ3) is 3.94. The summed E-state index contributed by atoms with van der Waals surface area (Å²) in [5.74, 6) is 0.0489. The van der Waals surface area contributed by atoms with E-state index in [4.69, 9.17) is 4.74 Å². The first-order valence-corrected chi connectivity index (χ1v) is 6.32. The summed E-state index contributed by atoms with van der Waals surface area (Å²) in [7, 11) is 0. The van der Waals surface area contributed by atoms with Crippen molar-refractivity contribution in [3.63, 3.8) is 0 Å². The van der Waals surface area contributed by atoms with Gasteiger partial charge in [-0.25, -0.2) is 0 Å². The van der Waals surface area contributed by atoms with Gasteiger partial charge in [0.1, 0.15) is 0 Å². The summed E-state index contributed by atoms with van der Waals surface area (Å²) in [5.41, 5.74) is 0. The molecule has 5 heteroatoms. The lowest BCUT2D eigenvalue weighted by atomic mass is 10.00. The average molecular weight is 244 g/mol. The van der Waals surface area contributed by atoms with Gasteiger partial charge in [0.05, 0.1) is 31.8 Å². The van der Waals surface area contributed by atoms with Crippen LogP contribution in [-0.2, 0) is 9.53 Å². The standard InChI is InChI=1S/C12H24N2O3/c1-4-13-11-7-17-6-9(11)12(16)14-10(5-15)8(2)3/h8-11,13,15H,4-7H2,1-3H3,(H,14,16). The van der Waals surface area contributed by atoms with Crippen molar-refractivity contribution in [2.24, 2.45) is 11.8 Å². The van der Waals surface area contributed by atoms with E-state index in [1.165, 1.54) is 0 Å². The van der Waals surface area contributed by atoms with E-state index in [2.05, 4.69) is 10.6 Å². The summed E-state index contributed by atoms with van der Waals surface area (Å²) in [6.07, 6.45) is 0. The van der Waals surface area contributed by atoms with Crippen molar-refractivity contribution in [1.82, 2.24) is 10.6 Å². The Morgan fingerprint density at radius 3 is 2.71 bits per heavy atom. The molecular weight excluding hydrogens is 220 g/mol. The van der Waals surface area contributed by atoms with Crippen molar-refractivity contribution in [1.29, 1.82) is 0 Å². The van der Waals surface area contributed by atoms with Crippen LogP contribution in [0.15, 0.2) is 0 Å². The summed E-state index contributed by atoms with van der Waals surface area (Å²) < 4.78 is 5.33. The van der Waals surface area contributed by atoms with Gasteiger partial charge < -0.3 is 20.5 Å². The van der Waals surface area contributed by atoms with Crippen molar-refractivity contribution < 1.29 is 14.6 Å². The molecule has 0 radical (unpaired) electrons. The SMILES string of the molecule is CCNC1COCC1C(=O)NC(CO)C(C)C. The van der Waals surface area contributed by atoms with Gasteiger partial charge >= 0.3 is 0 Å². The Morgan fingerprint density at radius 1 is 1.47 bits per heavy atom. The molecular formula is C12H24N2O3. The fourth-order valence-electron chi connectivity index (χ4n) is 1.99. The molecule has 0 saturated carbocycles. The van der Waals surface area contributed by atoms with E-state index in [9.17, 15) is 9.90 Å². The second-order valence-electron chi connectivity index (χ2n) is 4.85. The molecule has 0 aliphatic carbocycles. The van der Waals surface area contributed by atoms with Gasteiger partial charge in [-0.3, -0.25) is 4.79 Å². The Labute approximate surface area is 103 Å². The Balaban J connectivity index is 2.51. The lowest BCUT2D eigenvalue weighted by Crippen LogP contribution is -2.49. The zero-order valence-corrected chi connectivity index (χ0v) is 10.9. The number of rotatable bonds is 6. The largest absolute Gasteiger partial charge is 0.394 e. The van der Waals surface area contributed by atoms with Crippen molar-refractivity contribution in [3.8, 4) is 0 Å². The van der Waals surface area contributed by atoms with Crippen LogP contribution in [-0.4, -0.2) is 49.5 Å². The second kappa shape index (κ2) is 6.93. The van der Waals surface area contributed by atoms with Crippen LogP contribution in [0.1, 0.15) is 20.8 Å². The van der Waals surface area contributed by atoms with E-state index < -0.39 is 0 Å². The summed E-state index contributed by atoms with van der Waals surface area (Å²) in [4.78, 5) is 12.1.